The third-order valence-electron chi connectivity index (χ3n) is 6.37. The van der Waals surface area contributed by atoms with Gasteiger partial charge in [0.1, 0.15) is 23.4 Å². The van der Waals surface area contributed by atoms with E-state index in [1.807, 2.05) is 77.1 Å². The van der Waals surface area contributed by atoms with Crippen molar-refractivity contribution in [2.75, 3.05) is 5.32 Å². The second kappa shape index (κ2) is 12.6. The lowest BCUT2D eigenvalue weighted by atomic mass is 9.93. The molecule has 3 N–H and O–H groups in total. The average Bonchev–Trinajstić information content (AvgIpc) is 2.84. The Morgan fingerprint density at radius 3 is 2.12 bits per heavy atom. The van der Waals surface area contributed by atoms with Gasteiger partial charge in [-0.05, 0) is 94.5 Å². The molecule has 2 atom stereocenters. The van der Waals surface area contributed by atoms with Crippen LogP contribution >= 0.6 is 0 Å². The molecule has 0 spiro atoms. The smallest absolute Gasteiger partial charge is 0.408 e. The molecule has 0 bridgehead atoms. The number of hydrogen-bond donors (Lipinski definition) is 3. The predicted molar refractivity (Wildman–Crippen MR) is 163 cm³/mol. The molecule has 220 valence electrons. The van der Waals surface area contributed by atoms with Crippen LogP contribution in [0.4, 0.5) is 10.5 Å². The number of carbonyl (C=O) groups excluding carboxylic acids is 3. The molecule has 3 aromatic rings. The van der Waals surface area contributed by atoms with Crippen molar-refractivity contribution in [2.45, 2.75) is 85.0 Å². The number of phenols is 1. The van der Waals surface area contributed by atoms with Crippen LogP contribution in [0.3, 0.4) is 0 Å². The van der Waals surface area contributed by atoms with Gasteiger partial charge in [-0.3, -0.25) is 9.59 Å². The van der Waals surface area contributed by atoms with Gasteiger partial charge in [0, 0.05) is 11.2 Å². The highest BCUT2D eigenvalue weighted by Gasteiger charge is 2.42. The second-order valence-electron chi connectivity index (χ2n) is 12.8. The molecule has 41 heavy (non-hydrogen) atoms. The van der Waals surface area contributed by atoms with Gasteiger partial charge in [-0.2, -0.15) is 0 Å². The van der Waals surface area contributed by atoms with Crippen LogP contribution in [0.5, 0.6) is 5.75 Å². The van der Waals surface area contributed by atoms with E-state index in [1.54, 1.807) is 32.9 Å². The summed E-state index contributed by atoms with van der Waals surface area (Å²) < 4.78 is 5.45. The fourth-order valence-electron chi connectivity index (χ4n) is 4.75. The Bertz CT molecular complexity index is 1390. The Kier molecular flexibility index (Phi) is 9.69. The minimum absolute atomic E-state index is 0.0297. The first-order valence-corrected chi connectivity index (χ1v) is 14.0. The number of nitrogens with zero attached hydrogens (tertiary/aromatic N) is 1. The Labute approximate surface area is 243 Å². The SMILES string of the molecule is CC(C)CC(NC(=O)OC(C)(C)C)C(=O)N(C(C(=O)Nc1ccc2ccccc2c1)c1cccc(O)c1)C(C)(C)C. The van der Waals surface area contributed by atoms with Gasteiger partial charge < -0.3 is 25.4 Å². The van der Waals surface area contributed by atoms with E-state index in [0.29, 0.717) is 17.7 Å². The molecule has 0 fully saturated rings. The summed E-state index contributed by atoms with van der Waals surface area (Å²) in [6.45, 7) is 14.7. The van der Waals surface area contributed by atoms with Crippen molar-refractivity contribution in [3.8, 4) is 5.75 Å². The zero-order valence-electron chi connectivity index (χ0n) is 25.3. The first-order valence-electron chi connectivity index (χ1n) is 14.0. The molecule has 8 heteroatoms. The first-order chi connectivity index (χ1) is 19.0. The topological polar surface area (TPSA) is 108 Å². The number of carbonyl (C=O) groups is 3. The maximum atomic E-state index is 14.4. The van der Waals surface area contributed by atoms with Crippen molar-refractivity contribution in [2.24, 2.45) is 5.92 Å². The summed E-state index contributed by atoms with van der Waals surface area (Å²) >= 11 is 0. The molecular formula is C33H43N3O5. The number of ether oxygens (including phenoxy) is 1. The predicted octanol–water partition coefficient (Wildman–Crippen LogP) is 6.79. The molecule has 3 rings (SSSR count). The van der Waals surface area contributed by atoms with Crippen LogP contribution in [0.1, 0.15) is 73.4 Å². The van der Waals surface area contributed by atoms with Crippen molar-refractivity contribution in [1.82, 2.24) is 10.2 Å². The molecule has 0 radical (unpaired) electrons. The van der Waals surface area contributed by atoms with Crippen molar-refractivity contribution in [3.63, 3.8) is 0 Å². The lowest BCUT2D eigenvalue weighted by Gasteiger charge is -2.43. The van der Waals surface area contributed by atoms with Gasteiger partial charge in [-0.25, -0.2) is 4.79 Å². The highest BCUT2D eigenvalue weighted by Crippen LogP contribution is 2.33. The van der Waals surface area contributed by atoms with Crippen molar-refractivity contribution < 1.29 is 24.2 Å². The quantitative estimate of drug-likeness (QED) is 0.281. The lowest BCUT2D eigenvalue weighted by Crippen LogP contribution is -2.58. The maximum Gasteiger partial charge on any atom is 0.408 e. The van der Waals surface area contributed by atoms with Crippen LogP contribution in [-0.2, 0) is 14.3 Å². The van der Waals surface area contributed by atoms with Gasteiger partial charge in [-0.1, -0.05) is 56.3 Å². The van der Waals surface area contributed by atoms with Crippen molar-refractivity contribution >= 4 is 34.4 Å². The molecule has 3 aromatic carbocycles. The van der Waals surface area contributed by atoms with Crippen LogP contribution in [0, 0.1) is 5.92 Å². The van der Waals surface area contributed by atoms with Gasteiger partial charge in [0.25, 0.3) is 5.91 Å². The van der Waals surface area contributed by atoms with E-state index < -0.39 is 41.1 Å². The van der Waals surface area contributed by atoms with Crippen molar-refractivity contribution in [3.05, 3.63) is 72.3 Å². The Morgan fingerprint density at radius 1 is 0.878 bits per heavy atom. The number of hydrogen-bond acceptors (Lipinski definition) is 5. The van der Waals surface area contributed by atoms with Gasteiger partial charge in [0.05, 0.1) is 0 Å². The number of aromatic hydroxyl groups is 1. The van der Waals surface area contributed by atoms with Gasteiger partial charge in [0.2, 0.25) is 5.91 Å². The number of alkyl carbamates (subject to hydrolysis) is 1. The molecule has 0 saturated carbocycles. The Morgan fingerprint density at radius 2 is 1.54 bits per heavy atom. The van der Waals surface area contributed by atoms with E-state index in [-0.39, 0.29) is 11.7 Å². The minimum Gasteiger partial charge on any atom is -0.508 e. The number of anilines is 1. The summed E-state index contributed by atoms with van der Waals surface area (Å²) in [5.41, 5.74) is -0.583. The second-order valence-corrected chi connectivity index (χ2v) is 12.8. The fraction of sp³-hybridized carbons (Fsp3) is 0.424. The third-order valence-corrected chi connectivity index (χ3v) is 6.37. The zero-order valence-corrected chi connectivity index (χ0v) is 25.3. The molecule has 0 saturated heterocycles. The molecule has 8 nitrogen and oxygen atoms in total. The Hall–Kier alpha value is -4.07. The average molecular weight is 562 g/mol. The summed E-state index contributed by atoms with van der Waals surface area (Å²) in [7, 11) is 0. The molecule has 0 aromatic heterocycles. The number of fused-ring (bicyclic) bond motifs is 1. The molecule has 0 aliphatic heterocycles. The van der Waals surface area contributed by atoms with E-state index in [0.717, 1.165) is 10.8 Å². The number of nitrogens with one attached hydrogen (secondary N) is 2. The van der Waals surface area contributed by atoms with Crippen LogP contribution in [0.25, 0.3) is 10.8 Å². The van der Waals surface area contributed by atoms with Crippen LogP contribution < -0.4 is 10.6 Å². The fourth-order valence-corrected chi connectivity index (χ4v) is 4.75. The normalized spacial score (nSPS) is 13.4. The lowest BCUT2D eigenvalue weighted by molar-refractivity contribution is -0.147. The number of rotatable bonds is 8. The maximum absolute atomic E-state index is 14.4. The van der Waals surface area contributed by atoms with Gasteiger partial charge >= 0.3 is 6.09 Å². The first kappa shape index (κ1) is 31.5. The van der Waals surface area contributed by atoms with Gasteiger partial charge in [-0.15, -0.1) is 0 Å². The van der Waals surface area contributed by atoms with Crippen LogP contribution in [0.15, 0.2) is 66.7 Å². The summed E-state index contributed by atoms with van der Waals surface area (Å²) in [5.74, 6) is -0.849. The summed E-state index contributed by atoms with van der Waals surface area (Å²) in [4.78, 5) is 42.7. The highest BCUT2D eigenvalue weighted by molar-refractivity contribution is 6.00. The molecule has 0 aliphatic rings. The van der Waals surface area contributed by atoms with E-state index in [4.69, 9.17) is 4.74 Å². The van der Waals surface area contributed by atoms with Crippen LogP contribution in [-0.4, -0.2) is 45.1 Å². The highest BCUT2D eigenvalue weighted by atomic mass is 16.6. The summed E-state index contributed by atoms with van der Waals surface area (Å²) in [6, 6.07) is 17.7. The largest absolute Gasteiger partial charge is 0.508 e. The Balaban J connectivity index is 2.07. The molecule has 0 aliphatic carbocycles. The summed E-state index contributed by atoms with van der Waals surface area (Å²) in [5, 5.41) is 18.0. The minimum atomic E-state index is -1.11. The third kappa shape index (κ3) is 8.71. The van der Waals surface area contributed by atoms with E-state index in [1.165, 1.54) is 17.0 Å². The summed E-state index contributed by atoms with van der Waals surface area (Å²) in [6.07, 6.45) is -0.371. The standard InChI is InChI=1S/C33H43N3O5/c1-21(2)18-27(35-31(40)41-33(6,7)8)30(39)36(32(3,4)5)28(24-14-11-15-26(37)20-24)29(38)34-25-17-16-22-12-9-10-13-23(22)19-25/h9-17,19-21,27-28,37H,18H2,1-8H3,(H,34,38)(H,35,40). The van der Waals surface area contributed by atoms with Crippen molar-refractivity contribution in [1.29, 1.82) is 0 Å². The van der Waals surface area contributed by atoms with E-state index in [9.17, 15) is 19.5 Å². The number of phenolic OH excluding ortho intramolecular Hbond substituents is 1. The zero-order chi connectivity index (χ0) is 30.5. The molecule has 2 unspecified atom stereocenters. The van der Waals surface area contributed by atoms with Crippen LogP contribution in [0.2, 0.25) is 0 Å². The molecular weight excluding hydrogens is 518 g/mol. The monoisotopic (exact) mass is 561 g/mol. The van der Waals surface area contributed by atoms with E-state index >= 15 is 0 Å². The number of benzene rings is 3. The van der Waals surface area contributed by atoms with Gasteiger partial charge in [0.15, 0.2) is 0 Å². The molecule has 0 heterocycles. The van der Waals surface area contributed by atoms with E-state index in [2.05, 4.69) is 10.6 Å². The molecule has 3 amide bonds. The number of amides is 3.